The normalized spacial score (nSPS) is 11.4. The van der Waals surface area contributed by atoms with Gasteiger partial charge < -0.3 is 0 Å². The molecule has 0 atom stereocenters. The summed E-state index contributed by atoms with van der Waals surface area (Å²) in [5.74, 6) is 0. The highest BCUT2D eigenvalue weighted by atomic mass is 15.0. The van der Waals surface area contributed by atoms with Gasteiger partial charge in [-0.2, -0.15) is 4.57 Å². The Balaban J connectivity index is 1.77. The van der Waals surface area contributed by atoms with E-state index in [1.807, 2.05) is 6.07 Å². The minimum Gasteiger partial charge on any atom is -0.234 e. The zero-order chi connectivity index (χ0) is 21.7. The second-order valence-corrected chi connectivity index (χ2v) is 8.43. The van der Waals surface area contributed by atoms with Gasteiger partial charge in [-0.25, -0.2) is 4.98 Å². The Morgan fingerprint density at radius 1 is 0.625 bits per heavy atom. The molecule has 0 saturated heterocycles. The van der Waals surface area contributed by atoms with Crippen molar-refractivity contribution in [3.05, 3.63) is 109 Å². The third-order valence-corrected chi connectivity index (χ3v) is 6.35. The van der Waals surface area contributed by atoms with Gasteiger partial charge in [0.15, 0.2) is 6.20 Å². The van der Waals surface area contributed by atoms with Gasteiger partial charge in [0.05, 0.1) is 5.39 Å². The van der Waals surface area contributed by atoms with E-state index in [1.165, 1.54) is 43.8 Å². The maximum atomic E-state index is 5.19. The molecule has 152 valence electrons. The number of nitrogens with zero attached hydrogens (tertiary/aromatic N) is 2. The highest BCUT2D eigenvalue weighted by Gasteiger charge is 2.21. The third-order valence-electron chi connectivity index (χ3n) is 6.35. The first-order chi connectivity index (χ1) is 15.7. The Morgan fingerprint density at radius 3 is 1.97 bits per heavy atom. The average molecular weight is 412 g/mol. The fourth-order valence-corrected chi connectivity index (χ4v) is 4.88. The molecule has 1 aromatic heterocycles. The first-order valence-electron chi connectivity index (χ1n) is 11.0. The van der Waals surface area contributed by atoms with Crippen LogP contribution in [0.5, 0.6) is 0 Å². The molecule has 0 aliphatic rings. The van der Waals surface area contributed by atoms with Crippen LogP contribution in [0.2, 0.25) is 0 Å². The smallest absolute Gasteiger partial charge is 0.234 e. The molecule has 0 aliphatic carbocycles. The van der Waals surface area contributed by atoms with E-state index >= 15 is 0 Å². The van der Waals surface area contributed by atoms with Crippen LogP contribution in [-0.2, 0) is 7.05 Å². The summed E-state index contributed by atoms with van der Waals surface area (Å²) in [6.07, 6.45) is 2.15. The molecule has 6 aromatic rings. The highest BCUT2D eigenvalue weighted by Crippen LogP contribution is 2.37. The molecule has 0 N–H and O–H groups in total. The van der Waals surface area contributed by atoms with Crippen LogP contribution < -0.4 is 4.57 Å². The first-order valence-corrected chi connectivity index (χ1v) is 11.0. The standard InChI is InChI=1S/C30H23N2/c1-20-17-23(21-11-5-3-6-12-21)18-26-24-15-9-10-16-25(24)29-30(28(20)26)32(2)19-27(31-29)22-13-7-4-8-14-22/h3-19H,1-2H3/q+1. The molecule has 0 saturated carbocycles. The van der Waals surface area contributed by atoms with Crippen molar-refractivity contribution in [2.75, 3.05) is 0 Å². The lowest BCUT2D eigenvalue weighted by Gasteiger charge is -2.13. The number of hydrogen-bond donors (Lipinski definition) is 0. The van der Waals surface area contributed by atoms with E-state index in [2.05, 4.69) is 116 Å². The van der Waals surface area contributed by atoms with Crippen molar-refractivity contribution in [3.8, 4) is 22.4 Å². The molecular formula is C30H23N2+. The average Bonchev–Trinajstić information content (AvgIpc) is 2.85. The molecule has 1 heterocycles. The number of aryl methyl sites for hydroxylation is 2. The molecule has 0 fully saturated rings. The highest BCUT2D eigenvalue weighted by molar-refractivity contribution is 6.23. The van der Waals surface area contributed by atoms with Gasteiger partial charge in [-0.3, -0.25) is 0 Å². The van der Waals surface area contributed by atoms with Crippen LogP contribution in [0.3, 0.4) is 0 Å². The van der Waals surface area contributed by atoms with E-state index in [-0.39, 0.29) is 0 Å². The minimum atomic E-state index is 0.990. The summed E-state index contributed by atoms with van der Waals surface area (Å²) >= 11 is 0. The maximum Gasteiger partial charge on any atom is 0.239 e. The summed E-state index contributed by atoms with van der Waals surface area (Å²) in [4.78, 5) is 5.19. The predicted octanol–water partition coefficient (Wildman–Crippen LogP) is 7.01. The van der Waals surface area contributed by atoms with Gasteiger partial charge in [-0.15, -0.1) is 0 Å². The van der Waals surface area contributed by atoms with E-state index in [1.54, 1.807) is 0 Å². The van der Waals surface area contributed by atoms with Gasteiger partial charge >= 0.3 is 0 Å². The van der Waals surface area contributed by atoms with Gasteiger partial charge in [0.1, 0.15) is 18.3 Å². The van der Waals surface area contributed by atoms with Gasteiger partial charge in [0.25, 0.3) is 0 Å². The lowest BCUT2D eigenvalue weighted by Crippen LogP contribution is -2.30. The van der Waals surface area contributed by atoms with Crippen molar-refractivity contribution in [1.29, 1.82) is 0 Å². The van der Waals surface area contributed by atoms with Crippen LogP contribution in [0.1, 0.15) is 5.56 Å². The zero-order valence-electron chi connectivity index (χ0n) is 18.2. The largest absolute Gasteiger partial charge is 0.239 e. The molecule has 0 aliphatic heterocycles. The van der Waals surface area contributed by atoms with Crippen LogP contribution >= 0.6 is 0 Å². The topological polar surface area (TPSA) is 16.8 Å². The fourth-order valence-electron chi connectivity index (χ4n) is 4.88. The Kier molecular flexibility index (Phi) is 4.26. The summed E-state index contributed by atoms with van der Waals surface area (Å²) < 4.78 is 2.24. The molecule has 0 amide bonds. The fraction of sp³-hybridized carbons (Fsp3) is 0.0667. The number of benzene rings is 5. The zero-order valence-corrected chi connectivity index (χ0v) is 18.2. The van der Waals surface area contributed by atoms with Crippen molar-refractivity contribution in [2.45, 2.75) is 6.92 Å². The van der Waals surface area contributed by atoms with E-state index in [4.69, 9.17) is 4.98 Å². The number of fused-ring (bicyclic) bond motifs is 6. The quantitative estimate of drug-likeness (QED) is 0.221. The van der Waals surface area contributed by atoms with Gasteiger partial charge in [-0.1, -0.05) is 91.0 Å². The van der Waals surface area contributed by atoms with E-state index < -0.39 is 0 Å². The van der Waals surface area contributed by atoms with Crippen molar-refractivity contribution in [2.24, 2.45) is 7.05 Å². The summed E-state index contributed by atoms with van der Waals surface area (Å²) in [6.45, 7) is 2.22. The van der Waals surface area contributed by atoms with Gasteiger partial charge in [-0.05, 0) is 40.5 Å². The van der Waals surface area contributed by atoms with Crippen LogP contribution in [0.25, 0.3) is 55.0 Å². The Labute approximate surface area is 187 Å². The van der Waals surface area contributed by atoms with Crippen molar-refractivity contribution >= 4 is 32.6 Å². The molecule has 6 rings (SSSR count). The molecule has 0 radical (unpaired) electrons. The van der Waals surface area contributed by atoms with Crippen molar-refractivity contribution in [1.82, 2.24) is 4.98 Å². The van der Waals surface area contributed by atoms with Crippen molar-refractivity contribution < 1.29 is 4.57 Å². The van der Waals surface area contributed by atoms with Crippen molar-refractivity contribution in [3.63, 3.8) is 0 Å². The summed E-state index contributed by atoms with van der Waals surface area (Å²) in [5.41, 5.74) is 8.10. The third kappa shape index (κ3) is 2.88. The lowest BCUT2D eigenvalue weighted by atomic mass is 9.92. The van der Waals surface area contributed by atoms with Crippen LogP contribution in [0.15, 0.2) is 103 Å². The Morgan fingerprint density at radius 2 is 1.25 bits per heavy atom. The Bertz CT molecular complexity index is 1490. The van der Waals surface area contributed by atoms with E-state index in [0.717, 1.165) is 16.8 Å². The predicted molar refractivity (Wildman–Crippen MR) is 134 cm³/mol. The molecule has 2 nitrogen and oxygen atoms in total. The van der Waals surface area contributed by atoms with Crippen LogP contribution in [0.4, 0.5) is 0 Å². The Hall–Kier alpha value is -4.04. The van der Waals surface area contributed by atoms with Crippen LogP contribution in [-0.4, -0.2) is 4.98 Å². The molecule has 0 unspecified atom stereocenters. The molecular weight excluding hydrogens is 388 g/mol. The number of rotatable bonds is 2. The van der Waals surface area contributed by atoms with Gasteiger partial charge in [0.2, 0.25) is 5.52 Å². The number of hydrogen-bond acceptors (Lipinski definition) is 1. The van der Waals surface area contributed by atoms with E-state index in [0.29, 0.717) is 0 Å². The second kappa shape index (κ2) is 7.28. The maximum absolute atomic E-state index is 5.19. The summed E-state index contributed by atoms with van der Waals surface area (Å²) in [6, 6.07) is 34.3. The monoisotopic (exact) mass is 411 g/mol. The van der Waals surface area contributed by atoms with Gasteiger partial charge in [0, 0.05) is 10.9 Å². The first kappa shape index (κ1) is 18.7. The summed E-state index contributed by atoms with van der Waals surface area (Å²) in [7, 11) is 2.13. The minimum absolute atomic E-state index is 0.990. The SMILES string of the molecule is Cc1cc(-c2ccccc2)cc2c3ccccc3c3nc(-c4ccccc4)c[n+](C)c3c12. The molecule has 32 heavy (non-hydrogen) atoms. The lowest BCUT2D eigenvalue weighted by molar-refractivity contribution is -0.643. The molecule has 0 bridgehead atoms. The second-order valence-electron chi connectivity index (χ2n) is 8.43. The number of aromatic nitrogens is 2. The molecule has 0 spiro atoms. The molecule has 2 heteroatoms. The van der Waals surface area contributed by atoms with E-state index in [9.17, 15) is 0 Å². The van der Waals surface area contributed by atoms with Crippen LogP contribution in [0, 0.1) is 6.92 Å². The summed E-state index contributed by atoms with van der Waals surface area (Å²) in [5, 5.41) is 4.98. The molecule has 5 aromatic carbocycles.